The summed E-state index contributed by atoms with van der Waals surface area (Å²) in [5.74, 6) is -0.0848. The highest BCUT2D eigenvalue weighted by Crippen LogP contribution is 2.41. The largest absolute Gasteiger partial charge is 0.444 e. The average Bonchev–Trinajstić information content (AvgIpc) is 2.83. The number of carbonyl (C=O) groups is 1. The van der Waals surface area contributed by atoms with E-state index in [2.05, 4.69) is 5.32 Å². The number of nitrogens with one attached hydrogen (secondary N) is 1. The average molecular weight is 494 g/mol. The SMILES string of the molecule is CC(C)(C)OC(=O)NC(c1cccc(Cl)c1)(C1CCCCC1)n1nc(-c2ccccc2)ccc1=O. The number of amides is 1. The molecule has 2 aromatic carbocycles. The van der Waals surface area contributed by atoms with Crippen LogP contribution in [-0.2, 0) is 10.4 Å². The monoisotopic (exact) mass is 493 g/mol. The molecule has 1 amide bonds. The molecule has 184 valence electrons. The van der Waals surface area contributed by atoms with E-state index in [1.54, 1.807) is 18.2 Å². The first-order valence-corrected chi connectivity index (χ1v) is 12.5. The van der Waals surface area contributed by atoms with Gasteiger partial charge in [0.2, 0.25) is 0 Å². The fourth-order valence-electron chi connectivity index (χ4n) is 4.89. The normalized spacial score (nSPS) is 16.3. The van der Waals surface area contributed by atoms with E-state index in [0.717, 1.165) is 37.7 Å². The maximum atomic E-state index is 13.5. The number of rotatable bonds is 5. The van der Waals surface area contributed by atoms with E-state index in [4.69, 9.17) is 21.4 Å². The molecular formula is C28H32ClN3O3. The third kappa shape index (κ3) is 5.59. The van der Waals surface area contributed by atoms with Crippen LogP contribution in [0.2, 0.25) is 5.02 Å². The molecule has 1 aliphatic carbocycles. The number of hydrogen-bond donors (Lipinski definition) is 1. The van der Waals surface area contributed by atoms with Gasteiger partial charge in [-0.2, -0.15) is 9.78 Å². The van der Waals surface area contributed by atoms with Crippen LogP contribution in [0.4, 0.5) is 4.79 Å². The summed E-state index contributed by atoms with van der Waals surface area (Å²) in [6.45, 7) is 5.44. The molecular weight excluding hydrogens is 462 g/mol. The van der Waals surface area contributed by atoms with Gasteiger partial charge in [-0.15, -0.1) is 0 Å². The first-order valence-electron chi connectivity index (χ1n) is 12.1. The highest BCUT2D eigenvalue weighted by molar-refractivity contribution is 6.30. The van der Waals surface area contributed by atoms with Gasteiger partial charge in [-0.25, -0.2) is 4.79 Å². The van der Waals surface area contributed by atoms with Crippen molar-refractivity contribution in [2.45, 2.75) is 64.1 Å². The molecule has 0 bridgehead atoms. The second-order valence-electron chi connectivity index (χ2n) is 10.1. The van der Waals surface area contributed by atoms with Crippen molar-refractivity contribution in [3.63, 3.8) is 0 Å². The van der Waals surface area contributed by atoms with Crippen molar-refractivity contribution in [2.24, 2.45) is 5.92 Å². The molecule has 0 spiro atoms. The van der Waals surface area contributed by atoms with Crippen LogP contribution in [0.1, 0.15) is 58.4 Å². The number of hydrogen-bond acceptors (Lipinski definition) is 4. The molecule has 1 unspecified atom stereocenters. The maximum Gasteiger partial charge on any atom is 0.409 e. The summed E-state index contributed by atoms with van der Waals surface area (Å²) in [5, 5.41) is 8.47. The van der Waals surface area contributed by atoms with Crippen molar-refractivity contribution in [2.75, 3.05) is 0 Å². The van der Waals surface area contributed by atoms with Gasteiger partial charge >= 0.3 is 6.09 Å². The Morgan fingerprint density at radius 2 is 1.71 bits per heavy atom. The first-order chi connectivity index (χ1) is 16.7. The fourth-order valence-corrected chi connectivity index (χ4v) is 5.08. The summed E-state index contributed by atoms with van der Waals surface area (Å²) in [7, 11) is 0. The summed E-state index contributed by atoms with van der Waals surface area (Å²) in [6.07, 6.45) is 4.15. The third-order valence-electron chi connectivity index (χ3n) is 6.36. The zero-order chi connectivity index (χ0) is 25.1. The van der Waals surface area contributed by atoms with Crippen molar-refractivity contribution in [3.8, 4) is 11.3 Å². The molecule has 0 aliphatic heterocycles. The topological polar surface area (TPSA) is 73.2 Å². The number of aromatic nitrogens is 2. The standard InChI is InChI=1S/C28H32ClN3O3/c1-27(2,3)35-26(34)30-28(21-13-8-5-9-14-21,22-15-10-16-23(29)19-22)32-25(33)18-17-24(31-32)20-11-6-4-7-12-20/h4,6-7,10-12,15-19,21H,5,8-9,13-14H2,1-3H3,(H,30,34). The van der Waals surface area contributed by atoms with Crippen LogP contribution in [0, 0.1) is 5.92 Å². The minimum absolute atomic E-state index is 0.0848. The van der Waals surface area contributed by atoms with Crippen LogP contribution in [0.15, 0.2) is 71.5 Å². The summed E-state index contributed by atoms with van der Waals surface area (Å²) in [5.41, 5.74) is -0.0781. The molecule has 1 aromatic heterocycles. The highest BCUT2D eigenvalue weighted by Gasteiger charge is 2.47. The molecule has 1 saturated carbocycles. The van der Waals surface area contributed by atoms with Crippen LogP contribution < -0.4 is 10.9 Å². The number of carbonyl (C=O) groups excluding carboxylic acids is 1. The van der Waals surface area contributed by atoms with Gasteiger partial charge in [0.15, 0.2) is 5.66 Å². The van der Waals surface area contributed by atoms with Gasteiger partial charge in [-0.1, -0.05) is 73.3 Å². The number of nitrogens with zero attached hydrogens (tertiary/aromatic N) is 2. The Balaban J connectivity index is 1.97. The number of ether oxygens (including phenoxy) is 1. The molecule has 1 heterocycles. The Bertz CT molecular complexity index is 1230. The molecule has 0 radical (unpaired) electrons. The van der Waals surface area contributed by atoms with Gasteiger partial charge < -0.3 is 4.74 Å². The molecule has 6 nitrogen and oxygen atoms in total. The zero-order valence-corrected chi connectivity index (χ0v) is 21.2. The molecule has 1 atom stereocenters. The Labute approximate surface area is 211 Å². The molecule has 7 heteroatoms. The van der Waals surface area contributed by atoms with E-state index in [1.165, 1.54) is 10.7 Å². The second kappa shape index (κ2) is 10.2. The van der Waals surface area contributed by atoms with Crippen molar-refractivity contribution in [3.05, 3.63) is 87.7 Å². The minimum atomic E-state index is -1.27. The van der Waals surface area contributed by atoms with Gasteiger partial charge in [-0.3, -0.25) is 10.1 Å². The molecule has 0 saturated heterocycles. The van der Waals surface area contributed by atoms with Crippen LogP contribution in [0.5, 0.6) is 0 Å². The first kappa shape index (κ1) is 25.0. The zero-order valence-electron chi connectivity index (χ0n) is 20.5. The van der Waals surface area contributed by atoms with Crippen LogP contribution in [0.25, 0.3) is 11.3 Å². The lowest BCUT2D eigenvalue weighted by Gasteiger charge is -2.44. The van der Waals surface area contributed by atoms with Gasteiger partial charge in [0.05, 0.1) is 5.69 Å². The molecule has 3 aromatic rings. The lowest BCUT2D eigenvalue weighted by molar-refractivity contribution is 0.0281. The van der Waals surface area contributed by atoms with E-state index in [9.17, 15) is 9.59 Å². The summed E-state index contributed by atoms with van der Waals surface area (Å²) < 4.78 is 7.12. The van der Waals surface area contributed by atoms with Gasteiger partial charge in [0.1, 0.15) is 5.60 Å². The number of benzene rings is 2. The Morgan fingerprint density at radius 1 is 1.00 bits per heavy atom. The third-order valence-corrected chi connectivity index (χ3v) is 6.59. The molecule has 4 rings (SSSR count). The lowest BCUT2D eigenvalue weighted by Crippen LogP contribution is -2.61. The van der Waals surface area contributed by atoms with Gasteiger partial charge in [0, 0.05) is 28.1 Å². The van der Waals surface area contributed by atoms with Crippen molar-refractivity contribution >= 4 is 17.7 Å². The quantitative estimate of drug-likeness (QED) is 0.448. The Morgan fingerprint density at radius 3 is 2.37 bits per heavy atom. The van der Waals surface area contributed by atoms with Crippen molar-refractivity contribution in [1.82, 2.24) is 15.1 Å². The summed E-state index contributed by atoms with van der Waals surface area (Å²) in [6, 6.07) is 20.2. The number of halogens is 1. The van der Waals surface area contributed by atoms with Gasteiger partial charge in [-0.05, 0) is 51.8 Å². The predicted molar refractivity (Wildman–Crippen MR) is 138 cm³/mol. The smallest absolute Gasteiger partial charge is 0.409 e. The Hall–Kier alpha value is -3.12. The lowest BCUT2D eigenvalue weighted by atomic mass is 9.76. The van der Waals surface area contributed by atoms with Crippen LogP contribution in [0.3, 0.4) is 0 Å². The summed E-state index contributed by atoms with van der Waals surface area (Å²) >= 11 is 6.44. The minimum Gasteiger partial charge on any atom is -0.444 e. The highest BCUT2D eigenvalue weighted by atomic mass is 35.5. The fraction of sp³-hybridized carbons (Fsp3) is 0.393. The molecule has 1 aliphatic rings. The molecule has 1 fully saturated rings. The van der Waals surface area contributed by atoms with E-state index in [1.807, 2.05) is 63.2 Å². The van der Waals surface area contributed by atoms with E-state index >= 15 is 0 Å². The number of alkyl carbamates (subject to hydrolysis) is 1. The summed E-state index contributed by atoms with van der Waals surface area (Å²) in [4.78, 5) is 26.8. The maximum absolute atomic E-state index is 13.5. The predicted octanol–water partition coefficient (Wildman–Crippen LogP) is 6.37. The second-order valence-corrected chi connectivity index (χ2v) is 10.5. The van der Waals surface area contributed by atoms with Crippen molar-refractivity contribution in [1.29, 1.82) is 0 Å². The van der Waals surface area contributed by atoms with E-state index in [0.29, 0.717) is 16.3 Å². The van der Waals surface area contributed by atoms with Crippen molar-refractivity contribution < 1.29 is 9.53 Å². The van der Waals surface area contributed by atoms with E-state index < -0.39 is 17.4 Å². The van der Waals surface area contributed by atoms with Crippen LogP contribution >= 0.6 is 11.6 Å². The van der Waals surface area contributed by atoms with Gasteiger partial charge in [0.25, 0.3) is 5.56 Å². The molecule has 1 N–H and O–H groups in total. The Kier molecular flexibility index (Phi) is 7.31. The van der Waals surface area contributed by atoms with Crippen LogP contribution in [-0.4, -0.2) is 21.5 Å². The molecule has 35 heavy (non-hydrogen) atoms. The van der Waals surface area contributed by atoms with E-state index in [-0.39, 0.29) is 11.5 Å².